The summed E-state index contributed by atoms with van der Waals surface area (Å²) in [4.78, 5) is 20.0. The first-order chi connectivity index (χ1) is 14.2. The smallest absolute Gasteiger partial charge is 0.401 e. The van der Waals surface area contributed by atoms with E-state index in [2.05, 4.69) is 9.98 Å². The van der Waals surface area contributed by atoms with Gasteiger partial charge < -0.3 is 21.5 Å². The number of amides is 1. The highest BCUT2D eigenvalue weighted by Crippen LogP contribution is 2.43. The van der Waals surface area contributed by atoms with Gasteiger partial charge in [-0.3, -0.25) is 4.79 Å². The molecule has 170 valence electrons. The summed E-state index contributed by atoms with van der Waals surface area (Å²) in [6, 6.07) is 3.45. The first-order valence-electron chi connectivity index (χ1n) is 9.20. The van der Waals surface area contributed by atoms with Crippen molar-refractivity contribution in [2.45, 2.75) is 37.2 Å². The van der Waals surface area contributed by atoms with Crippen LogP contribution >= 0.6 is 0 Å². The van der Waals surface area contributed by atoms with Crippen molar-refractivity contribution in [3.63, 3.8) is 0 Å². The van der Waals surface area contributed by atoms with E-state index in [0.717, 1.165) is 6.07 Å². The van der Waals surface area contributed by atoms with Crippen molar-refractivity contribution in [3.8, 4) is 0 Å². The molecule has 1 aromatic heterocycles. The molecular weight excluding hydrogens is 432 g/mol. The number of anilines is 1. The Balaban J connectivity index is 1.85. The van der Waals surface area contributed by atoms with Crippen LogP contribution in [0.3, 0.4) is 0 Å². The number of piperidine rings is 1. The first kappa shape index (κ1) is 22.8. The monoisotopic (exact) mass is 451 g/mol. The third-order valence-electron chi connectivity index (χ3n) is 5.36. The van der Waals surface area contributed by atoms with Crippen LogP contribution in [-0.2, 0) is 11.0 Å². The molecule has 0 aliphatic carbocycles. The lowest BCUT2D eigenvalue weighted by atomic mass is 9.80. The van der Waals surface area contributed by atoms with Gasteiger partial charge in [0.15, 0.2) is 5.60 Å². The number of halogens is 6. The van der Waals surface area contributed by atoms with E-state index in [9.17, 15) is 36.2 Å². The fourth-order valence-corrected chi connectivity index (χ4v) is 3.76. The van der Waals surface area contributed by atoms with Gasteiger partial charge in [-0.25, -0.2) is 4.98 Å². The van der Waals surface area contributed by atoms with E-state index in [4.69, 9.17) is 11.5 Å². The molecule has 13 heteroatoms. The van der Waals surface area contributed by atoms with Gasteiger partial charge in [-0.1, -0.05) is 6.07 Å². The molecule has 0 spiro atoms. The second-order valence-corrected chi connectivity index (χ2v) is 7.40. The standard InChI is InChI=1S/C18H19F6N5O2/c19-17(20,21)10-2-1-3-11(27-10)29-6-4-9(5-7-29)14(25)13-15(26)28-12(30)8-16(13,31)18(22,23)24/h1-3,9,31H,4-8,25H2,(H2,26,28,30). The second-order valence-electron chi connectivity index (χ2n) is 7.40. The molecule has 1 unspecified atom stereocenters. The van der Waals surface area contributed by atoms with Gasteiger partial charge in [0.05, 0.1) is 12.0 Å². The van der Waals surface area contributed by atoms with Crippen LogP contribution < -0.4 is 16.4 Å². The number of hydrogen-bond donors (Lipinski definition) is 3. The molecule has 0 aromatic carbocycles. The van der Waals surface area contributed by atoms with Crippen LogP contribution in [0, 0.1) is 5.92 Å². The molecule has 1 atom stereocenters. The van der Waals surface area contributed by atoms with Gasteiger partial charge in [0.2, 0.25) is 0 Å². The number of alkyl halides is 6. The largest absolute Gasteiger partial charge is 0.433 e. The summed E-state index contributed by atoms with van der Waals surface area (Å²) in [6.07, 6.45) is -10.8. The minimum Gasteiger partial charge on any atom is -0.401 e. The maximum absolute atomic E-state index is 13.6. The third-order valence-corrected chi connectivity index (χ3v) is 5.36. The van der Waals surface area contributed by atoms with E-state index in [1.807, 2.05) is 0 Å². The average Bonchev–Trinajstić information content (AvgIpc) is 2.66. The van der Waals surface area contributed by atoms with Crippen LogP contribution in [-0.4, -0.2) is 46.7 Å². The van der Waals surface area contributed by atoms with Crippen molar-refractivity contribution in [3.05, 3.63) is 35.2 Å². The lowest BCUT2D eigenvalue weighted by molar-refractivity contribution is -0.244. The summed E-state index contributed by atoms with van der Waals surface area (Å²) in [5.41, 5.74) is 5.70. The summed E-state index contributed by atoms with van der Waals surface area (Å²) in [5, 5.41) is 10.3. The van der Waals surface area contributed by atoms with Gasteiger partial charge in [-0.05, 0) is 25.0 Å². The Labute approximate surface area is 172 Å². The Morgan fingerprint density at radius 2 is 1.77 bits per heavy atom. The Hall–Kier alpha value is -2.83. The molecule has 7 nitrogen and oxygen atoms in total. The van der Waals surface area contributed by atoms with Crippen molar-refractivity contribution >= 4 is 17.6 Å². The topological polar surface area (TPSA) is 118 Å². The molecule has 1 fully saturated rings. The van der Waals surface area contributed by atoms with Crippen LogP contribution in [0.25, 0.3) is 0 Å². The first-order valence-corrected chi connectivity index (χ1v) is 9.20. The van der Waals surface area contributed by atoms with Gasteiger partial charge in [-0.15, -0.1) is 0 Å². The maximum atomic E-state index is 13.6. The van der Waals surface area contributed by atoms with Crippen molar-refractivity contribution in [1.29, 1.82) is 0 Å². The number of hydrogen-bond acceptors (Lipinski definition) is 6. The second kappa shape index (κ2) is 7.70. The van der Waals surface area contributed by atoms with Crippen LogP contribution in [0.2, 0.25) is 0 Å². The fourth-order valence-electron chi connectivity index (χ4n) is 3.76. The van der Waals surface area contributed by atoms with Crippen molar-refractivity contribution in [1.82, 2.24) is 4.98 Å². The number of nitrogens with zero attached hydrogens (tertiary/aromatic N) is 3. The summed E-state index contributed by atoms with van der Waals surface area (Å²) < 4.78 is 79.3. The maximum Gasteiger partial charge on any atom is 0.433 e. The number of aromatic nitrogens is 1. The molecule has 1 aromatic rings. The van der Waals surface area contributed by atoms with Crippen molar-refractivity contribution < 1.29 is 36.2 Å². The Morgan fingerprint density at radius 3 is 2.32 bits per heavy atom. The average molecular weight is 451 g/mol. The summed E-state index contributed by atoms with van der Waals surface area (Å²) in [7, 11) is 0. The van der Waals surface area contributed by atoms with Crippen LogP contribution in [0.5, 0.6) is 0 Å². The van der Waals surface area contributed by atoms with Gasteiger partial charge >= 0.3 is 12.4 Å². The van der Waals surface area contributed by atoms with E-state index in [-0.39, 0.29) is 37.4 Å². The zero-order chi connectivity index (χ0) is 23.2. The predicted octanol–water partition coefficient (Wildman–Crippen LogP) is 2.11. The van der Waals surface area contributed by atoms with E-state index < -0.39 is 53.3 Å². The van der Waals surface area contributed by atoms with Crippen LogP contribution in [0.1, 0.15) is 25.0 Å². The molecule has 0 saturated carbocycles. The zero-order valence-corrected chi connectivity index (χ0v) is 16.0. The van der Waals surface area contributed by atoms with E-state index >= 15 is 0 Å². The summed E-state index contributed by atoms with van der Waals surface area (Å²) in [5.74, 6) is -2.60. The Bertz CT molecular complexity index is 934. The number of rotatable bonds is 2. The SMILES string of the molecule is NC1=NC(=O)CC(O)(C(F)(F)F)C1=C(N)C1CCN(c2cccc(C(F)(F)F)n2)CC1. The number of carbonyl (C=O) groups excluding carboxylic acids is 1. The highest BCUT2D eigenvalue weighted by molar-refractivity contribution is 6.09. The molecule has 2 aliphatic heterocycles. The lowest BCUT2D eigenvalue weighted by Crippen LogP contribution is -2.55. The predicted molar refractivity (Wildman–Crippen MR) is 97.6 cm³/mol. The molecule has 0 bridgehead atoms. The quantitative estimate of drug-likeness (QED) is 0.593. The number of allylic oxidation sites excluding steroid dienone is 1. The Kier molecular flexibility index (Phi) is 5.67. The summed E-state index contributed by atoms with van der Waals surface area (Å²) >= 11 is 0. The molecule has 5 N–H and O–H groups in total. The highest BCUT2D eigenvalue weighted by Gasteiger charge is 2.60. The molecule has 0 radical (unpaired) electrons. The van der Waals surface area contributed by atoms with Crippen LogP contribution in [0.4, 0.5) is 32.2 Å². The number of aliphatic hydroxyl groups is 1. The normalized spacial score (nSPS) is 25.5. The van der Waals surface area contributed by atoms with E-state index in [1.165, 1.54) is 12.1 Å². The minimum absolute atomic E-state index is 0.0793. The molecule has 1 amide bonds. The van der Waals surface area contributed by atoms with E-state index in [0.29, 0.717) is 0 Å². The van der Waals surface area contributed by atoms with E-state index in [1.54, 1.807) is 4.90 Å². The van der Waals surface area contributed by atoms with Gasteiger partial charge in [0.1, 0.15) is 17.3 Å². The molecule has 3 heterocycles. The van der Waals surface area contributed by atoms with Crippen LogP contribution in [0.15, 0.2) is 34.5 Å². The Morgan fingerprint density at radius 1 is 1.16 bits per heavy atom. The molecule has 1 saturated heterocycles. The number of amidine groups is 1. The number of aliphatic imine (C=N–C) groups is 1. The van der Waals surface area contributed by atoms with Gasteiger partial charge in [-0.2, -0.15) is 31.3 Å². The number of pyridine rings is 1. The molecule has 2 aliphatic rings. The summed E-state index contributed by atoms with van der Waals surface area (Å²) in [6.45, 7) is 0.320. The number of nitrogens with two attached hydrogens (primary N) is 2. The lowest BCUT2D eigenvalue weighted by Gasteiger charge is -2.38. The van der Waals surface area contributed by atoms with Crippen molar-refractivity contribution in [2.24, 2.45) is 22.4 Å². The van der Waals surface area contributed by atoms with Gasteiger partial charge in [0, 0.05) is 24.7 Å². The zero-order valence-electron chi connectivity index (χ0n) is 16.0. The molecular formula is C18H19F6N5O2. The highest BCUT2D eigenvalue weighted by atomic mass is 19.4. The van der Waals surface area contributed by atoms with Crippen molar-refractivity contribution in [2.75, 3.05) is 18.0 Å². The molecule has 3 rings (SSSR count). The fraction of sp³-hybridized carbons (Fsp3) is 0.500. The number of carbonyl (C=O) groups is 1. The van der Waals surface area contributed by atoms with Gasteiger partial charge in [0.25, 0.3) is 5.91 Å². The molecule has 31 heavy (non-hydrogen) atoms. The third kappa shape index (κ3) is 4.31. The minimum atomic E-state index is -5.22.